The van der Waals surface area contributed by atoms with Crippen LogP contribution in [-0.4, -0.2) is 28.9 Å². The number of hydrogen-bond acceptors (Lipinski definition) is 1. The second-order valence-electron chi connectivity index (χ2n) is 4.23. The van der Waals surface area contributed by atoms with Crippen LogP contribution in [0.25, 0.3) is 0 Å². The molecule has 0 saturated heterocycles. The predicted octanol–water partition coefficient (Wildman–Crippen LogP) is 3.82. The Morgan fingerprint density at radius 3 is 2.29 bits per heavy atom. The van der Waals surface area contributed by atoms with Gasteiger partial charge in [0.2, 0.25) is 0 Å². The van der Waals surface area contributed by atoms with Gasteiger partial charge in [0, 0.05) is 23.8 Å². The summed E-state index contributed by atoms with van der Waals surface area (Å²) in [6.07, 6.45) is 6.16. The van der Waals surface area contributed by atoms with Crippen LogP contribution in [-0.2, 0) is 0 Å². The molecule has 0 radical (unpaired) electrons. The van der Waals surface area contributed by atoms with E-state index in [0.29, 0.717) is 5.69 Å². The number of aromatic amines is 1. The average molecular weight is 301 g/mol. The molecule has 0 aliphatic heterocycles. The fourth-order valence-corrected chi connectivity index (χ4v) is 2.02. The summed E-state index contributed by atoms with van der Waals surface area (Å²) in [6, 6.07) is 1.84. The molecule has 96 valence electrons. The van der Waals surface area contributed by atoms with E-state index in [-0.39, 0.29) is 5.91 Å². The van der Waals surface area contributed by atoms with Crippen molar-refractivity contribution in [3.8, 4) is 0 Å². The summed E-state index contributed by atoms with van der Waals surface area (Å²) >= 11 is 3.35. The molecule has 0 atom stereocenters. The van der Waals surface area contributed by atoms with Crippen LogP contribution in [0.15, 0.2) is 16.7 Å². The molecule has 0 spiro atoms. The van der Waals surface area contributed by atoms with Crippen molar-refractivity contribution in [1.29, 1.82) is 0 Å². The Balaban J connectivity index is 2.64. The normalized spacial score (nSPS) is 10.5. The first-order valence-electron chi connectivity index (χ1n) is 6.32. The van der Waals surface area contributed by atoms with Gasteiger partial charge in [0.15, 0.2) is 0 Å². The lowest BCUT2D eigenvalue weighted by atomic mass is 10.2. The van der Waals surface area contributed by atoms with Crippen molar-refractivity contribution in [1.82, 2.24) is 9.88 Å². The van der Waals surface area contributed by atoms with Gasteiger partial charge in [-0.25, -0.2) is 0 Å². The molecule has 17 heavy (non-hydrogen) atoms. The highest BCUT2D eigenvalue weighted by Gasteiger charge is 2.16. The zero-order chi connectivity index (χ0) is 12.7. The number of carbonyl (C=O) groups is 1. The summed E-state index contributed by atoms with van der Waals surface area (Å²) < 4.78 is 0.923. The number of carbonyl (C=O) groups excluding carboxylic acids is 1. The highest BCUT2D eigenvalue weighted by atomic mass is 79.9. The van der Waals surface area contributed by atoms with Gasteiger partial charge in [-0.2, -0.15) is 0 Å². The quantitative estimate of drug-likeness (QED) is 0.816. The minimum absolute atomic E-state index is 0.109. The number of nitrogens with one attached hydrogen (secondary N) is 1. The Morgan fingerprint density at radius 1 is 1.29 bits per heavy atom. The monoisotopic (exact) mass is 300 g/mol. The SMILES string of the molecule is CCCCN(CCCC)C(=O)c1cc(Br)c[nH]1. The first kappa shape index (κ1) is 14.3. The van der Waals surface area contributed by atoms with Crippen molar-refractivity contribution in [3.63, 3.8) is 0 Å². The summed E-state index contributed by atoms with van der Waals surface area (Å²) in [5.41, 5.74) is 0.670. The van der Waals surface area contributed by atoms with E-state index in [4.69, 9.17) is 0 Å². The van der Waals surface area contributed by atoms with Crippen LogP contribution >= 0.6 is 15.9 Å². The second-order valence-corrected chi connectivity index (χ2v) is 5.15. The van der Waals surface area contributed by atoms with Gasteiger partial charge in [-0.05, 0) is 34.8 Å². The Labute approximate surface area is 112 Å². The van der Waals surface area contributed by atoms with Gasteiger partial charge in [-0.1, -0.05) is 26.7 Å². The fraction of sp³-hybridized carbons (Fsp3) is 0.615. The predicted molar refractivity (Wildman–Crippen MR) is 74.2 cm³/mol. The van der Waals surface area contributed by atoms with Gasteiger partial charge in [0.1, 0.15) is 5.69 Å². The maximum absolute atomic E-state index is 12.2. The molecule has 1 rings (SSSR count). The average Bonchev–Trinajstić information content (AvgIpc) is 2.75. The third kappa shape index (κ3) is 4.54. The number of H-pyrrole nitrogens is 1. The molecule has 1 aromatic rings. The van der Waals surface area contributed by atoms with E-state index < -0.39 is 0 Å². The summed E-state index contributed by atoms with van der Waals surface area (Å²) in [6.45, 7) is 6.00. The van der Waals surface area contributed by atoms with Crippen LogP contribution in [0.3, 0.4) is 0 Å². The number of nitrogens with zero attached hydrogens (tertiary/aromatic N) is 1. The number of amides is 1. The first-order chi connectivity index (χ1) is 8.19. The maximum atomic E-state index is 12.2. The molecule has 1 aromatic heterocycles. The van der Waals surface area contributed by atoms with Gasteiger partial charge in [0.25, 0.3) is 5.91 Å². The molecular weight excluding hydrogens is 280 g/mol. The molecule has 0 bridgehead atoms. The van der Waals surface area contributed by atoms with E-state index in [1.807, 2.05) is 11.0 Å². The molecule has 0 aliphatic carbocycles. The van der Waals surface area contributed by atoms with E-state index in [2.05, 4.69) is 34.8 Å². The van der Waals surface area contributed by atoms with Crippen LogP contribution < -0.4 is 0 Å². The third-order valence-corrected chi connectivity index (χ3v) is 3.19. The number of aromatic nitrogens is 1. The van der Waals surface area contributed by atoms with Crippen LogP contribution in [0.2, 0.25) is 0 Å². The Hall–Kier alpha value is -0.770. The number of hydrogen-bond donors (Lipinski definition) is 1. The van der Waals surface area contributed by atoms with Crippen molar-refractivity contribution in [2.45, 2.75) is 39.5 Å². The molecule has 1 N–H and O–H groups in total. The molecule has 0 aliphatic rings. The largest absolute Gasteiger partial charge is 0.356 e. The van der Waals surface area contributed by atoms with Crippen molar-refractivity contribution in [2.24, 2.45) is 0 Å². The number of rotatable bonds is 7. The Bertz CT molecular complexity index is 341. The lowest BCUT2D eigenvalue weighted by molar-refractivity contribution is 0.0746. The molecular formula is C13H21BrN2O. The fourth-order valence-electron chi connectivity index (χ4n) is 1.67. The van der Waals surface area contributed by atoms with Crippen molar-refractivity contribution in [3.05, 3.63) is 22.4 Å². The Morgan fingerprint density at radius 2 is 1.88 bits per heavy atom. The molecule has 0 aromatic carbocycles. The summed E-state index contributed by atoms with van der Waals surface area (Å²) in [5, 5.41) is 0. The molecule has 1 heterocycles. The van der Waals surface area contributed by atoms with Gasteiger partial charge < -0.3 is 9.88 Å². The van der Waals surface area contributed by atoms with E-state index >= 15 is 0 Å². The minimum Gasteiger partial charge on any atom is -0.356 e. The first-order valence-corrected chi connectivity index (χ1v) is 7.11. The molecule has 1 amide bonds. The van der Waals surface area contributed by atoms with Crippen molar-refractivity contribution >= 4 is 21.8 Å². The minimum atomic E-state index is 0.109. The van der Waals surface area contributed by atoms with Gasteiger partial charge in [-0.15, -0.1) is 0 Å². The molecule has 4 heteroatoms. The van der Waals surface area contributed by atoms with E-state index in [9.17, 15) is 4.79 Å². The summed E-state index contributed by atoms with van der Waals surface area (Å²) in [5.74, 6) is 0.109. The van der Waals surface area contributed by atoms with Gasteiger partial charge in [0.05, 0.1) is 0 Å². The lowest BCUT2D eigenvalue weighted by Gasteiger charge is -2.21. The Kier molecular flexibility index (Phi) is 6.34. The van der Waals surface area contributed by atoms with Gasteiger partial charge >= 0.3 is 0 Å². The van der Waals surface area contributed by atoms with E-state index in [0.717, 1.165) is 43.2 Å². The summed E-state index contributed by atoms with van der Waals surface area (Å²) in [7, 11) is 0. The van der Waals surface area contributed by atoms with E-state index in [1.54, 1.807) is 6.20 Å². The molecule has 3 nitrogen and oxygen atoms in total. The van der Waals surface area contributed by atoms with Crippen molar-refractivity contribution < 1.29 is 4.79 Å². The van der Waals surface area contributed by atoms with Crippen molar-refractivity contribution in [2.75, 3.05) is 13.1 Å². The third-order valence-electron chi connectivity index (χ3n) is 2.73. The van der Waals surface area contributed by atoms with Crippen LogP contribution in [0.1, 0.15) is 50.0 Å². The topological polar surface area (TPSA) is 36.1 Å². The highest BCUT2D eigenvalue weighted by molar-refractivity contribution is 9.10. The molecule has 0 fully saturated rings. The zero-order valence-electron chi connectivity index (χ0n) is 10.6. The van der Waals surface area contributed by atoms with Crippen LogP contribution in [0, 0.1) is 0 Å². The summed E-state index contributed by atoms with van der Waals surface area (Å²) in [4.78, 5) is 17.2. The highest BCUT2D eigenvalue weighted by Crippen LogP contribution is 2.13. The van der Waals surface area contributed by atoms with Gasteiger partial charge in [-0.3, -0.25) is 4.79 Å². The number of halogens is 1. The van der Waals surface area contributed by atoms with Crippen LogP contribution in [0.5, 0.6) is 0 Å². The smallest absolute Gasteiger partial charge is 0.270 e. The lowest BCUT2D eigenvalue weighted by Crippen LogP contribution is -2.33. The zero-order valence-corrected chi connectivity index (χ0v) is 12.2. The van der Waals surface area contributed by atoms with E-state index in [1.165, 1.54) is 0 Å². The standard InChI is InChI=1S/C13H21BrN2O/c1-3-5-7-16(8-6-4-2)13(17)12-9-11(14)10-15-12/h9-10,15H,3-8H2,1-2H3. The second kappa shape index (κ2) is 7.54. The number of unbranched alkanes of at least 4 members (excludes halogenated alkanes) is 2. The maximum Gasteiger partial charge on any atom is 0.270 e. The molecule has 0 saturated carbocycles. The van der Waals surface area contributed by atoms with Crippen LogP contribution in [0.4, 0.5) is 0 Å². The molecule has 0 unspecified atom stereocenters.